The molecule has 106 valence electrons. The predicted octanol–water partition coefficient (Wildman–Crippen LogP) is 0.801. The van der Waals surface area contributed by atoms with Crippen LogP contribution in [0.2, 0.25) is 0 Å². The number of hydrogen-bond acceptors (Lipinski definition) is 5. The molecule has 0 radical (unpaired) electrons. The largest absolute Gasteiger partial charge is 0.493 e. The van der Waals surface area contributed by atoms with E-state index in [4.69, 9.17) is 9.47 Å². The normalized spacial score (nSPS) is 31.5. The molecule has 1 fully saturated rings. The molecule has 1 aliphatic rings. The molecule has 5 heteroatoms. The van der Waals surface area contributed by atoms with E-state index in [1.165, 1.54) is 0 Å². The lowest BCUT2D eigenvalue weighted by atomic mass is 10.0. The Morgan fingerprint density at radius 1 is 1.05 bits per heavy atom. The van der Waals surface area contributed by atoms with Gasteiger partial charge in [0.2, 0.25) is 0 Å². The van der Waals surface area contributed by atoms with Crippen LogP contribution >= 0.6 is 0 Å². The zero-order valence-electron chi connectivity index (χ0n) is 11.7. The van der Waals surface area contributed by atoms with E-state index in [-0.39, 0.29) is 12.1 Å². The summed E-state index contributed by atoms with van der Waals surface area (Å²) in [6, 6.07) is 5.20. The van der Waals surface area contributed by atoms with Crippen molar-refractivity contribution in [3.63, 3.8) is 0 Å². The fourth-order valence-electron chi connectivity index (χ4n) is 2.68. The van der Waals surface area contributed by atoms with E-state index in [0.29, 0.717) is 11.5 Å². The molecule has 1 heterocycles. The summed E-state index contributed by atoms with van der Waals surface area (Å²) in [5.74, 6) is 1.27. The first-order valence-electron chi connectivity index (χ1n) is 6.31. The Labute approximate surface area is 113 Å². The molecule has 1 saturated heterocycles. The Bertz CT molecular complexity index is 437. The molecule has 0 aliphatic carbocycles. The summed E-state index contributed by atoms with van der Waals surface area (Å²) in [6.07, 6.45) is -1.55. The van der Waals surface area contributed by atoms with Gasteiger partial charge in [0.05, 0.1) is 26.4 Å². The molecular formula is C14H21NO4. The average molecular weight is 267 g/mol. The summed E-state index contributed by atoms with van der Waals surface area (Å²) >= 11 is 0. The van der Waals surface area contributed by atoms with E-state index in [0.717, 1.165) is 5.56 Å². The van der Waals surface area contributed by atoms with Crippen molar-refractivity contribution in [3.05, 3.63) is 23.8 Å². The van der Waals surface area contributed by atoms with Crippen LogP contribution in [0.15, 0.2) is 18.2 Å². The standard InChI is InChI=1S/C14H21NO4/c1-8-13(16)14(17)12(15(8)2)9-5-6-10(18-3)11(7-9)19-4/h5-8,12-14,16-17H,1-4H3/t8-,12-,13-,14+/m0/s1. The van der Waals surface area contributed by atoms with Gasteiger partial charge in [0, 0.05) is 6.04 Å². The van der Waals surface area contributed by atoms with Crippen LogP contribution in [0.4, 0.5) is 0 Å². The van der Waals surface area contributed by atoms with Gasteiger partial charge in [0.25, 0.3) is 0 Å². The topological polar surface area (TPSA) is 62.2 Å². The summed E-state index contributed by atoms with van der Waals surface area (Å²) in [5.41, 5.74) is 0.899. The van der Waals surface area contributed by atoms with E-state index >= 15 is 0 Å². The minimum atomic E-state index is -0.807. The fraction of sp³-hybridized carbons (Fsp3) is 0.571. The second-order valence-corrected chi connectivity index (χ2v) is 4.95. The number of ether oxygens (including phenoxy) is 2. The quantitative estimate of drug-likeness (QED) is 0.848. The minimum Gasteiger partial charge on any atom is -0.493 e. The molecule has 1 aromatic rings. The highest BCUT2D eigenvalue weighted by Gasteiger charge is 2.44. The Hall–Kier alpha value is -1.30. The summed E-state index contributed by atoms with van der Waals surface area (Å²) in [7, 11) is 5.05. The summed E-state index contributed by atoms with van der Waals surface area (Å²) in [6.45, 7) is 1.90. The van der Waals surface area contributed by atoms with Crippen molar-refractivity contribution in [2.75, 3.05) is 21.3 Å². The third-order valence-electron chi connectivity index (χ3n) is 4.00. The zero-order chi connectivity index (χ0) is 14.2. The van der Waals surface area contributed by atoms with Crippen LogP contribution in [0.1, 0.15) is 18.5 Å². The van der Waals surface area contributed by atoms with Crippen LogP contribution < -0.4 is 9.47 Å². The van der Waals surface area contributed by atoms with Crippen LogP contribution in [0.3, 0.4) is 0 Å². The summed E-state index contributed by atoms with van der Waals surface area (Å²) in [5, 5.41) is 20.1. The molecule has 0 saturated carbocycles. The lowest BCUT2D eigenvalue weighted by Crippen LogP contribution is -2.30. The van der Waals surface area contributed by atoms with Gasteiger partial charge in [-0.2, -0.15) is 0 Å². The van der Waals surface area contributed by atoms with Gasteiger partial charge in [0.15, 0.2) is 11.5 Å². The van der Waals surface area contributed by atoms with Crippen LogP contribution in [0.5, 0.6) is 11.5 Å². The van der Waals surface area contributed by atoms with E-state index in [1.54, 1.807) is 14.2 Å². The number of nitrogens with zero attached hydrogens (tertiary/aromatic N) is 1. The summed E-state index contributed by atoms with van der Waals surface area (Å²) < 4.78 is 10.5. The van der Waals surface area contributed by atoms with Gasteiger partial charge < -0.3 is 19.7 Å². The van der Waals surface area contributed by atoms with Crippen LogP contribution in [0.25, 0.3) is 0 Å². The number of aliphatic hydroxyl groups excluding tert-OH is 2. The average Bonchev–Trinajstić information content (AvgIpc) is 2.62. The number of hydrogen-bond donors (Lipinski definition) is 2. The predicted molar refractivity (Wildman–Crippen MR) is 71.5 cm³/mol. The van der Waals surface area contributed by atoms with Gasteiger partial charge >= 0.3 is 0 Å². The molecule has 19 heavy (non-hydrogen) atoms. The third kappa shape index (κ3) is 2.29. The molecular weight excluding hydrogens is 246 g/mol. The number of aliphatic hydroxyl groups is 2. The maximum absolute atomic E-state index is 10.2. The molecule has 0 aromatic heterocycles. The highest BCUT2D eigenvalue weighted by molar-refractivity contribution is 5.44. The van der Waals surface area contributed by atoms with Gasteiger partial charge in [-0.25, -0.2) is 0 Å². The van der Waals surface area contributed by atoms with Crippen molar-refractivity contribution in [2.24, 2.45) is 0 Å². The van der Waals surface area contributed by atoms with Crippen molar-refractivity contribution >= 4 is 0 Å². The molecule has 0 amide bonds. The van der Waals surface area contributed by atoms with Gasteiger partial charge in [0.1, 0.15) is 6.10 Å². The molecule has 1 aromatic carbocycles. The van der Waals surface area contributed by atoms with Crippen LogP contribution in [0, 0.1) is 0 Å². The Balaban J connectivity index is 2.37. The van der Waals surface area contributed by atoms with Gasteiger partial charge in [-0.1, -0.05) is 6.07 Å². The monoisotopic (exact) mass is 267 g/mol. The molecule has 0 spiro atoms. The highest BCUT2D eigenvalue weighted by Crippen LogP contribution is 2.38. The second kappa shape index (κ2) is 5.36. The third-order valence-corrected chi connectivity index (χ3v) is 4.00. The van der Waals surface area contributed by atoms with Crippen molar-refractivity contribution in [1.82, 2.24) is 4.90 Å². The first-order valence-corrected chi connectivity index (χ1v) is 6.31. The number of methoxy groups -OCH3 is 2. The molecule has 0 unspecified atom stereocenters. The molecule has 5 nitrogen and oxygen atoms in total. The van der Waals surface area contributed by atoms with E-state index < -0.39 is 12.2 Å². The number of rotatable bonds is 3. The Kier molecular flexibility index (Phi) is 3.99. The lowest BCUT2D eigenvalue weighted by molar-refractivity contribution is 0.0300. The van der Waals surface area contributed by atoms with Crippen molar-refractivity contribution in [1.29, 1.82) is 0 Å². The maximum atomic E-state index is 10.2. The number of benzene rings is 1. The molecule has 2 rings (SSSR count). The first-order chi connectivity index (χ1) is 9.01. The van der Waals surface area contributed by atoms with E-state index in [9.17, 15) is 10.2 Å². The smallest absolute Gasteiger partial charge is 0.161 e. The summed E-state index contributed by atoms with van der Waals surface area (Å²) in [4.78, 5) is 1.97. The Morgan fingerprint density at radius 3 is 2.16 bits per heavy atom. The van der Waals surface area contributed by atoms with Gasteiger partial charge in [-0.05, 0) is 31.7 Å². The number of likely N-dealkylation sites (N-methyl/N-ethyl adjacent to an activating group) is 1. The first kappa shape index (κ1) is 14.1. The van der Waals surface area contributed by atoms with Gasteiger partial charge in [-0.3, -0.25) is 4.90 Å². The highest BCUT2D eigenvalue weighted by atomic mass is 16.5. The fourth-order valence-corrected chi connectivity index (χ4v) is 2.68. The van der Waals surface area contributed by atoms with Crippen molar-refractivity contribution in [2.45, 2.75) is 31.2 Å². The van der Waals surface area contributed by atoms with E-state index in [2.05, 4.69) is 0 Å². The SMILES string of the molecule is COc1ccc([C@H]2[C@@H](O)[C@@H](O)[C@H](C)N2C)cc1OC. The second-order valence-electron chi connectivity index (χ2n) is 4.95. The number of likely N-dealkylation sites (tertiary alicyclic amines) is 1. The zero-order valence-corrected chi connectivity index (χ0v) is 11.7. The van der Waals surface area contributed by atoms with E-state index in [1.807, 2.05) is 37.1 Å². The van der Waals surface area contributed by atoms with Crippen LogP contribution in [-0.4, -0.2) is 54.6 Å². The van der Waals surface area contributed by atoms with Gasteiger partial charge in [-0.15, -0.1) is 0 Å². The Morgan fingerprint density at radius 2 is 1.68 bits per heavy atom. The molecule has 1 aliphatic heterocycles. The van der Waals surface area contributed by atoms with Crippen molar-refractivity contribution < 1.29 is 19.7 Å². The molecule has 0 bridgehead atoms. The molecule has 2 N–H and O–H groups in total. The van der Waals surface area contributed by atoms with Crippen LogP contribution in [-0.2, 0) is 0 Å². The van der Waals surface area contributed by atoms with Crippen molar-refractivity contribution in [3.8, 4) is 11.5 Å². The molecule has 4 atom stereocenters. The maximum Gasteiger partial charge on any atom is 0.161 e. The minimum absolute atomic E-state index is 0.0897. The lowest BCUT2D eigenvalue weighted by Gasteiger charge is -2.25.